The molecule has 1 aliphatic carbocycles. The number of carbonyl (C=O) groups is 1. The first-order chi connectivity index (χ1) is 9.74. The lowest BCUT2D eigenvalue weighted by atomic mass is 10.1. The second-order valence-electron chi connectivity index (χ2n) is 5.81. The molecule has 0 aromatic carbocycles. The highest BCUT2D eigenvalue weighted by Crippen LogP contribution is 2.24. The fourth-order valence-electron chi connectivity index (χ4n) is 3.22. The van der Waals surface area contributed by atoms with Crippen LogP contribution in [0.3, 0.4) is 0 Å². The fourth-order valence-corrected chi connectivity index (χ4v) is 3.22. The first-order valence-electron chi connectivity index (χ1n) is 7.56. The topological polar surface area (TPSA) is 49.3 Å². The third-order valence-electron chi connectivity index (χ3n) is 4.44. The molecule has 2 heterocycles. The highest BCUT2D eigenvalue weighted by Gasteiger charge is 2.28. The quantitative estimate of drug-likeness (QED) is 0.820. The standard InChI is InChI=1S/C15H22N4O/c1-12-10-17-14(11-16-12)15(20)19-8-6-18(7-9-19)13-4-2-3-5-13/h10-11,13H,2-9H2,1H3. The molecular weight excluding hydrogens is 252 g/mol. The Kier molecular flexibility index (Phi) is 3.96. The molecule has 2 fully saturated rings. The normalized spacial score (nSPS) is 21.4. The maximum atomic E-state index is 12.3. The molecule has 1 aliphatic heterocycles. The molecule has 1 amide bonds. The summed E-state index contributed by atoms with van der Waals surface area (Å²) in [5.41, 5.74) is 1.30. The first-order valence-corrected chi connectivity index (χ1v) is 7.56. The molecule has 1 aromatic heterocycles. The lowest BCUT2D eigenvalue weighted by Crippen LogP contribution is -2.51. The highest BCUT2D eigenvalue weighted by molar-refractivity contribution is 5.92. The van der Waals surface area contributed by atoms with Crippen molar-refractivity contribution >= 4 is 5.91 Å². The number of hydrogen-bond acceptors (Lipinski definition) is 4. The third kappa shape index (κ3) is 2.82. The number of piperazine rings is 1. The van der Waals surface area contributed by atoms with Gasteiger partial charge in [0.25, 0.3) is 5.91 Å². The van der Waals surface area contributed by atoms with E-state index < -0.39 is 0 Å². The first kappa shape index (κ1) is 13.5. The van der Waals surface area contributed by atoms with E-state index in [9.17, 15) is 4.79 Å². The van der Waals surface area contributed by atoms with Crippen molar-refractivity contribution < 1.29 is 4.79 Å². The second-order valence-corrected chi connectivity index (χ2v) is 5.81. The summed E-state index contributed by atoms with van der Waals surface area (Å²) < 4.78 is 0. The predicted molar refractivity (Wildman–Crippen MR) is 76.5 cm³/mol. The van der Waals surface area contributed by atoms with Gasteiger partial charge in [-0.25, -0.2) is 4.98 Å². The summed E-state index contributed by atoms with van der Waals surface area (Å²) in [7, 11) is 0. The van der Waals surface area contributed by atoms with Crippen LogP contribution in [0, 0.1) is 6.92 Å². The van der Waals surface area contributed by atoms with E-state index in [1.807, 2.05) is 11.8 Å². The minimum atomic E-state index is 0.0172. The largest absolute Gasteiger partial charge is 0.335 e. The number of aryl methyl sites for hydroxylation is 1. The monoisotopic (exact) mass is 274 g/mol. The van der Waals surface area contributed by atoms with Crippen molar-refractivity contribution in [3.05, 3.63) is 23.8 Å². The van der Waals surface area contributed by atoms with Crippen molar-refractivity contribution in [2.45, 2.75) is 38.6 Å². The van der Waals surface area contributed by atoms with Crippen LogP contribution in [0.2, 0.25) is 0 Å². The molecule has 1 aromatic rings. The van der Waals surface area contributed by atoms with Gasteiger partial charge in [0.15, 0.2) is 0 Å². The zero-order valence-corrected chi connectivity index (χ0v) is 12.1. The number of carbonyl (C=O) groups excluding carboxylic acids is 1. The van der Waals surface area contributed by atoms with Crippen LogP contribution >= 0.6 is 0 Å². The second kappa shape index (κ2) is 5.87. The van der Waals surface area contributed by atoms with Crippen LogP contribution in [0.5, 0.6) is 0 Å². The Morgan fingerprint density at radius 3 is 2.40 bits per heavy atom. The average molecular weight is 274 g/mol. The minimum absolute atomic E-state index is 0.0172. The van der Waals surface area contributed by atoms with Gasteiger partial charge in [0.05, 0.1) is 11.9 Å². The van der Waals surface area contributed by atoms with Gasteiger partial charge in [-0.05, 0) is 19.8 Å². The van der Waals surface area contributed by atoms with Crippen molar-refractivity contribution in [2.75, 3.05) is 26.2 Å². The fraction of sp³-hybridized carbons (Fsp3) is 0.667. The van der Waals surface area contributed by atoms with Crippen molar-refractivity contribution in [1.82, 2.24) is 19.8 Å². The number of amides is 1. The Bertz CT molecular complexity index is 459. The van der Waals surface area contributed by atoms with E-state index in [1.165, 1.54) is 25.7 Å². The van der Waals surface area contributed by atoms with Gasteiger partial charge in [-0.1, -0.05) is 12.8 Å². The summed E-state index contributed by atoms with van der Waals surface area (Å²) in [6.07, 6.45) is 8.63. The van der Waals surface area contributed by atoms with Gasteiger partial charge in [-0.15, -0.1) is 0 Å². The van der Waals surface area contributed by atoms with E-state index in [0.29, 0.717) is 5.69 Å². The number of aromatic nitrogens is 2. The van der Waals surface area contributed by atoms with Crippen molar-refractivity contribution in [3.63, 3.8) is 0 Å². The van der Waals surface area contributed by atoms with Crippen LogP contribution in [-0.2, 0) is 0 Å². The molecular formula is C15H22N4O. The Morgan fingerprint density at radius 2 is 1.80 bits per heavy atom. The maximum absolute atomic E-state index is 12.3. The summed E-state index contributed by atoms with van der Waals surface area (Å²) >= 11 is 0. The number of nitrogens with zero attached hydrogens (tertiary/aromatic N) is 4. The molecule has 1 saturated heterocycles. The van der Waals surface area contributed by atoms with Gasteiger partial charge in [-0.3, -0.25) is 14.7 Å². The molecule has 0 spiro atoms. The molecule has 0 unspecified atom stereocenters. The van der Waals surface area contributed by atoms with E-state index in [-0.39, 0.29) is 5.91 Å². The van der Waals surface area contributed by atoms with Gasteiger partial charge >= 0.3 is 0 Å². The van der Waals surface area contributed by atoms with Crippen LogP contribution in [0.1, 0.15) is 41.9 Å². The molecule has 0 N–H and O–H groups in total. The number of hydrogen-bond donors (Lipinski definition) is 0. The van der Waals surface area contributed by atoms with Gasteiger partial charge in [0.1, 0.15) is 5.69 Å². The lowest BCUT2D eigenvalue weighted by Gasteiger charge is -2.37. The molecule has 3 rings (SSSR count). The van der Waals surface area contributed by atoms with Crippen molar-refractivity contribution in [2.24, 2.45) is 0 Å². The Hall–Kier alpha value is -1.49. The Labute approximate surface area is 120 Å². The zero-order chi connectivity index (χ0) is 13.9. The maximum Gasteiger partial charge on any atom is 0.274 e. The van der Waals surface area contributed by atoms with Crippen LogP contribution in [0.4, 0.5) is 0 Å². The van der Waals surface area contributed by atoms with Gasteiger partial charge < -0.3 is 4.90 Å². The number of rotatable bonds is 2. The van der Waals surface area contributed by atoms with Crippen molar-refractivity contribution in [1.29, 1.82) is 0 Å². The van der Waals surface area contributed by atoms with E-state index in [2.05, 4.69) is 14.9 Å². The predicted octanol–water partition coefficient (Wildman–Crippen LogP) is 1.49. The van der Waals surface area contributed by atoms with E-state index in [0.717, 1.165) is 37.9 Å². The van der Waals surface area contributed by atoms with E-state index in [4.69, 9.17) is 0 Å². The molecule has 20 heavy (non-hydrogen) atoms. The lowest BCUT2D eigenvalue weighted by molar-refractivity contribution is 0.0567. The zero-order valence-electron chi connectivity index (χ0n) is 12.1. The summed E-state index contributed by atoms with van der Waals surface area (Å²) in [6, 6.07) is 0.756. The average Bonchev–Trinajstić information content (AvgIpc) is 3.02. The van der Waals surface area contributed by atoms with E-state index in [1.54, 1.807) is 12.4 Å². The minimum Gasteiger partial charge on any atom is -0.335 e. The summed E-state index contributed by atoms with van der Waals surface area (Å²) in [5, 5.41) is 0. The molecule has 2 aliphatic rings. The summed E-state index contributed by atoms with van der Waals surface area (Å²) in [5.74, 6) is 0.0172. The van der Waals surface area contributed by atoms with Crippen LogP contribution < -0.4 is 0 Å². The molecule has 5 nitrogen and oxygen atoms in total. The Balaban J connectivity index is 1.57. The van der Waals surface area contributed by atoms with Crippen LogP contribution in [-0.4, -0.2) is 57.9 Å². The van der Waals surface area contributed by atoms with Crippen LogP contribution in [0.25, 0.3) is 0 Å². The molecule has 108 valence electrons. The SMILES string of the molecule is Cc1cnc(C(=O)N2CCN(C3CCCC3)CC2)cn1. The van der Waals surface area contributed by atoms with Gasteiger partial charge in [0.2, 0.25) is 0 Å². The molecule has 0 bridgehead atoms. The van der Waals surface area contributed by atoms with Crippen molar-refractivity contribution in [3.8, 4) is 0 Å². The van der Waals surface area contributed by atoms with Crippen LogP contribution in [0.15, 0.2) is 12.4 Å². The smallest absolute Gasteiger partial charge is 0.274 e. The molecule has 0 atom stereocenters. The highest BCUT2D eigenvalue weighted by atomic mass is 16.2. The van der Waals surface area contributed by atoms with Gasteiger partial charge in [0, 0.05) is 38.4 Å². The summed E-state index contributed by atoms with van der Waals surface area (Å²) in [6.45, 7) is 5.49. The Morgan fingerprint density at radius 1 is 1.10 bits per heavy atom. The molecule has 5 heteroatoms. The molecule has 1 saturated carbocycles. The summed E-state index contributed by atoms with van der Waals surface area (Å²) in [4.78, 5) is 25.1. The van der Waals surface area contributed by atoms with Gasteiger partial charge in [-0.2, -0.15) is 0 Å². The third-order valence-corrected chi connectivity index (χ3v) is 4.44. The van der Waals surface area contributed by atoms with E-state index >= 15 is 0 Å². The molecule has 0 radical (unpaired) electrons.